The van der Waals surface area contributed by atoms with Gasteiger partial charge in [-0.2, -0.15) is 9.61 Å². The molecule has 6 heteroatoms. The third-order valence-electron chi connectivity index (χ3n) is 2.99. The Hall–Kier alpha value is -1.01. The number of hydrogen-bond acceptors (Lipinski definition) is 5. The van der Waals surface area contributed by atoms with Crippen LogP contribution in [0.2, 0.25) is 0 Å². The van der Waals surface area contributed by atoms with E-state index in [0.717, 1.165) is 28.8 Å². The molecular weight excluding hydrogens is 246 g/mol. The monoisotopic (exact) mass is 265 g/mol. The fraction of sp³-hybridized carbons (Fsp3) is 0.750. The molecule has 5 nitrogen and oxygen atoms in total. The number of nitrogens with one attached hydrogen (secondary N) is 1. The normalized spacial score (nSPS) is 16.6. The van der Waals surface area contributed by atoms with Crippen molar-refractivity contribution in [1.29, 1.82) is 0 Å². The molecule has 1 fully saturated rings. The lowest BCUT2D eigenvalue weighted by Crippen LogP contribution is -2.37. The lowest BCUT2D eigenvalue weighted by molar-refractivity contribution is 0.429. The molecule has 0 bridgehead atoms. The fourth-order valence-electron chi connectivity index (χ4n) is 1.91. The second-order valence-corrected chi connectivity index (χ2v) is 6.99. The molecule has 0 atom stereocenters. The van der Waals surface area contributed by atoms with Crippen molar-refractivity contribution >= 4 is 16.3 Å². The van der Waals surface area contributed by atoms with E-state index in [1.165, 1.54) is 12.8 Å². The SMILES string of the molecule is CC(C)(C)NCCc1nn2c(C3CC3)nnc2s1. The quantitative estimate of drug-likeness (QED) is 0.918. The van der Waals surface area contributed by atoms with E-state index in [1.807, 2.05) is 4.52 Å². The van der Waals surface area contributed by atoms with Gasteiger partial charge in [-0.3, -0.25) is 0 Å². The van der Waals surface area contributed by atoms with Crippen LogP contribution >= 0.6 is 11.3 Å². The third-order valence-corrected chi connectivity index (χ3v) is 3.95. The fourth-order valence-corrected chi connectivity index (χ4v) is 2.75. The predicted molar refractivity (Wildman–Crippen MR) is 72.1 cm³/mol. The topological polar surface area (TPSA) is 55.1 Å². The molecule has 2 aromatic rings. The van der Waals surface area contributed by atoms with Gasteiger partial charge in [0.25, 0.3) is 0 Å². The maximum atomic E-state index is 4.62. The smallest absolute Gasteiger partial charge is 0.234 e. The zero-order valence-electron chi connectivity index (χ0n) is 11.1. The van der Waals surface area contributed by atoms with Gasteiger partial charge in [0.1, 0.15) is 5.01 Å². The Balaban J connectivity index is 1.69. The van der Waals surface area contributed by atoms with Gasteiger partial charge in [0.15, 0.2) is 5.82 Å². The van der Waals surface area contributed by atoms with Crippen LogP contribution in [0.5, 0.6) is 0 Å². The van der Waals surface area contributed by atoms with E-state index in [9.17, 15) is 0 Å². The highest BCUT2D eigenvalue weighted by molar-refractivity contribution is 7.16. The molecule has 0 aliphatic heterocycles. The minimum absolute atomic E-state index is 0.165. The Bertz CT molecular complexity index is 546. The van der Waals surface area contributed by atoms with Crippen LogP contribution in [0.1, 0.15) is 50.4 Å². The van der Waals surface area contributed by atoms with Crippen LogP contribution in [-0.2, 0) is 6.42 Å². The summed E-state index contributed by atoms with van der Waals surface area (Å²) in [5, 5.41) is 17.7. The first kappa shape index (κ1) is 12.0. The average Bonchev–Trinajstić information content (AvgIpc) is 2.89. The van der Waals surface area contributed by atoms with Gasteiger partial charge in [-0.05, 0) is 33.6 Å². The standard InChI is InChI=1S/C12H19N5S/c1-12(2,3)13-7-6-9-16-17-10(8-4-5-8)14-15-11(17)18-9/h8,13H,4-7H2,1-3H3. The molecule has 0 aromatic carbocycles. The van der Waals surface area contributed by atoms with E-state index >= 15 is 0 Å². The molecule has 2 aromatic heterocycles. The van der Waals surface area contributed by atoms with E-state index in [0.29, 0.717) is 5.92 Å². The van der Waals surface area contributed by atoms with Gasteiger partial charge in [-0.15, -0.1) is 10.2 Å². The average molecular weight is 265 g/mol. The second-order valence-electron chi connectivity index (χ2n) is 5.95. The van der Waals surface area contributed by atoms with Crippen LogP contribution in [0.15, 0.2) is 0 Å². The molecule has 18 heavy (non-hydrogen) atoms. The zero-order valence-corrected chi connectivity index (χ0v) is 11.9. The van der Waals surface area contributed by atoms with Gasteiger partial charge < -0.3 is 5.32 Å². The van der Waals surface area contributed by atoms with Crippen molar-refractivity contribution in [3.05, 3.63) is 10.8 Å². The van der Waals surface area contributed by atoms with Gasteiger partial charge in [0.05, 0.1) is 0 Å². The lowest BCUT2D eigenvalue weighted by atomic mass is 10.1. The Morgan fingerprint density at radius 3 is 2.78 bits per heavy atom. The molecule has 1 saturated carbocycles. The summed E-state index contributed by atoms with van der Waals surface area (Å²) < 4.78 is 1.94. The molecular formula is C12H19N5S. The zero-order chi connectivity index (χ0) is 12.8. The first-order valence-corrected chi connectivity index (χ1v) is 7.31. The summed E-state index contributed by atoms with van der Waals surface area (Å²) in [4.78, 5) is 0.933. The van der Waals surface area contributed by atoms with Crippen LogP contribution in [0.3, 0.4) is 0 Å². The van der Waals surface area contributed by atoms with E-state index in [4.69, 9.17) is 0 Å². The Kier molecular flexibility index (Phi) is 2.86. The minimum Gasteiger partial charge on any atom is -0.312 e. The Morgan fingerprint density at radius 1 is 1.33 bits per heavy atom. The summed E-state index contributed by atoms with van der Waals surface area (Å²) in [7, 11) is 0. The van der Waals surface area contributed by atoms with Crippen LogP contribution in [0.4, 0.5) is 0 Å². The predicted octanol–water partition coefficient (Wildman–Crippen LogP) is 1.99. The third kappa shape index (κ3) is 2.54. The summed E-state index contributed by atoms with van der Waals surface area (Å²) in [5.41, 5.74) is 0.165. The number of fused-ring (bicyclic) bond motifs is 1. The molecule has 0 radical (unpaired) electrons. The maximum Gasteiger partial charge on any atom is 0.234 e. The van der Waals surface area contributed by atoms with Crippen molar-refractivity contribution in [3.63, 3.8) is 0 Å². The van der Waals surface area contributed by atoms with Crippen LogP contribution in [0.25, 0.3) is 4.96 Å². The molecule has 0 unspecified atom stereocenters. The highest BCUT2D eigenvalue weighted by atomic mass is 32.1. The largest absolute Gasteiger partial charge is 0.312 e. The van der Waals surface area contributed by atoms with Crippen molar-refractivity contribution in [3.8, 4) is 0 Å². The minimum atomic E-state index is 0.165. The molecule has 1 N–H and O–H groups in total. The van der Waals surface area contributed by atoms with Gasteiger partial charge in [-0.25, -0.2) is 0 Å². The molecule has 1 aliphatic rings. The molecule has 3 rings (SSSR count). The van der Waals surface area contributed by atoms with E-state index < -0.39 is 0 Å². The summed E-state index contributed by atoms with van der Waals surface area (Å²) in [5.74, 6) is 1.65. The van der Waals surface area contributed by atoms with Crippen molar-refractivity contribution in [2.75, 3.05) is 6.54 Å². The molecule has 0 amide bonds. The summed E-state index contributed by atoms with van der Waals surface area (Å²) in [6.45, 7) is 7.48. The number of rotatable bonds is 4. The Morgan fingerprint density at radius 2 is 2.11 bits per heavy atom. The van der Waals surface area contributed by atoms with E-state index in [-0.39, 0.29) is 5.54 Å². The molecule has 0 saturated heterocycles. The summed E-state index contributed by atoms with van der Waals surface area (Å²) in [6, 6.07) is 0. The number of aromatic nitrogens is 4. The highest BCUT2D eigenvalue weighted by Gasteiger charge is 2.29. The van der Waals surface area contributed by atoms with Crippen molar-refractivity contribution < 1.29 is 0 Å². The number of nitrogens with zero attached hydrogens (tertiary/aromatic N) is 4. The maximum absolute atomic E-state index is 4.62. The molecule has 1 aliphatic carbocycles. The number of hydrogen-bond donors (Lipinski definition) is 1. The van der Waals surface area contributed by atoms with Crippen molar-refractivity contribution in [2.45, 2.75) is 51.5 Å². The summed E-state index contributed by atoms with van der Waals surface area (Å²) >= 11 is 1.65. The molecule has 2 heterocycles. The lowest BCUT2D eigenvalue weighted by Gasteiger charge is -2.19. The molecule has 98 valence electrons. The first-order valence-electron chi connectivity index (χ1n) is 6.49. The van der Waals surface area contributed by atoms with Gasteiger partial charge in [0.2, 0.25) is 4.96 Å². The molecule has 0 spiro atoms. The van der Waals surface area contributed by atoms with Gasteiger partial charge >= 0.3 is 0 Å². The van der Waals surface area contributed by atoms with E-state index in [2.05, 4.69) is 41.4 Å². The highest BCUT2D eigenvalue weighted by Crippen LogP contribution is 2.39. The van der Waals surface area contributed by atoms with Gasteiger partial charge in [-0.1, -0.05) is 11.3 Å². The Labute approximate surface area is 111 Å². The van der Waals surface area contributed by atoms with Crippen LogP contribution in [-0.4, -0.2) is 31.9 Å². The van der Waals surface area contributed by atoms with Crippen LogP contribution in [0, 0.1) is 0 Å². The van der Waals surface area contributed by atoms with E-state index in [1.54, 1.807) is 11.3 Å². The second kappa shape index (κ2) is 4.28. The van der Waals surface area contributed by atoms with Crippen molar-refractivity contribution in [2.24, 2.45) is 0 Å². The first-order chi connectivity index (χ1) is 8.53. The van der Waals surface area contributed by atoms with Gasteiger partial charge in [0, 0.05) is 24.4 Å². The van der Waals surface area contributed by atoms with Crippen LogP contribution < -0.4 is 5.32 Å². The van der Waals surface area contributed by atoms with Crippen molar-refractivity contribution in [1.82, 2.24) is 25.1 Å². The summed E-state index contributed by atoms with van der Waals surface area (Å²) in [6.07, 6.45) is 3.42.